The number of imidazole rings is 1. The molecule has 2 aromatic heterocycles. The van der Waals surface area contributed by atoms with Crippen LogP contribution in [0, 0.1) is 6.92 Å². The van der Waals surface area contributed by atoms with E-state index in [0.717, 1.165) is 24.1 Å². The zero-order valence-corrected chi connectivity index (χ0v) is 21.2. The van der Waals surface area contributed by atoms with E-state index in [9.17, 15) is 14.4 Å². The number of amides is 3. The number of nitrogens with one attached hydrogen (secondary N) is 2. The van der Waals surface area contributed by atoms with E-state index in [1.165, 1.54) is 0 Å². The molecule has 0 aliphatic carbocycles. The summed E-state index contributed by atoms with van der Waals surface area (Å²) in [4.78, 5) is 48.0. The molecule has 2 aliphatic heterocycles. The SMILES string of the molecule is Cc1cccn2cc(C(=O)N3CCCCNC(=O)[C@@H]4C[C@@H](CN4)N(C(=O)c4ccccc4)CCC3)nc12. The molecule has 3 aromatic rings. The van der Waals surface area contributed by atoms with E-state index < -0.39 is 0 Å². The lowest BCUT2D eigenvalue weighted by molar-refractivity contribution is -0.122. The smallest absolute Gasteiger partial charge is 0.274 e. The summed E-state index contributed by atoms with van der Waals surface area (Å²) in [5.41, 5.74) is 2.84. The van der Waals surface area contributed by atoms with E-state index in [0.29, 0.717) is 56.8 Å². The maximum absolute atomic E-state index is 13.5. The number of aromatic nitrogens is 2. The minimum Gasteiger partial charge on any atom is -0.355 e. The maximum atomic E-state index is 13.5. The molecule has 37 heavy (non-hydrogen) atoms. The maximum Gasteiger partial charge on any atom is 0.274 e. The van der Waals surface area contributed by atoms with Crippen LogP contribution in [-0.4, -0.2) is 81.7 Å². The number of aryl methyl sites for hydroxylation is 1. The molecule has 0 spiro atoms. The molecule has 0 radical (unpaired) electrons. The number of hydrogen-bond donors (Lipinski definition) is 2. The fourth-order valence-electron chi connectivity index (χ4n) is 5.28. The standard InChI is InChI=1S/C28H34N6O3/c1-20-9-7-14-33-19-24(31-25(20)33)28(37)32-13-6-5-12-29-26(35)23-17-22(18-30-23)34(16-8-15-32)27(36)21-10-3-2-4-11-21/h2-4,7,9-11,14,19,22-23,30H,5-6,8,12-13,15-18H2,1H3,(H,29,35)/t22-,23-/m0/s1. The Morgan fingerprint density at radius 1 is 0.973 bits per heavy atom. The topological polar surface area (TPSA) is 99.0 Å². The van der Waals surface area contributed by atoms with Gasteiger partial charge >= 0.3 is 0 Å². The molecule has 5 rings (SSSR count). The van der Waals surface area contributed by atoms with Crippen molar-refractivity contribution in [3.05, 3.63) is 71.7 Å². The summed E-state index contributed by atoms with van der Waals surface area (Å²) in [6.45, 7) is 4.71. The van der Waals surface area contributed by atoms with Gasteiger partial charge < -0.3 is 24.8 Å². The van der Waals surface area contributed by atoms with Gasteiger partial charge in [0, 0.05) is 56.7 Å². The van der Waals surface area contributed by atoms with Crippen molar-refractivity contribution in [2.45, 2.75) is 44.7 Å². The third kappa shape index (κ3) is 5.51. The van der Waals surface area contributed by atoms with Crippen LogP contribution in [0.15, 0.2) is 54.9 Å². The summed E-state index contributed by atoms with van der Waals surface area (Å²) in [6, 6.07) is 12.8. The number of carbonyl (C=O) groups excluding carboxylic acids is 3. The first-order valence-electron chi connectivity index (χ1n) is 13.1. The van der Waals surface area contributed by atoms with Crippen molar-refractivity contribution < 1.29 is 14.4 Å². The van der Waals surface area contributed by atoms with Crippen molar-refractivity contribution in [2.75, 3.05) is 32.7 Å². The Morgan fingerprint density at radius 2 is 1.78 bits per heavy atom. The van der Waals surface area contributed by atoms with Crippen molar-refractivity contribution in [3.8, 4) is 0 Å². The highest BCUT2D eigenvalue weighted by molar-refractivity contribution is 5.95. The van der Waals surface area contributed by atoms with E-state index in [-0.39, 0.29) is 29.8 Å². The van der Waals surface area contributed by atoms with Crippen molar-refractivity contribution in [1.82, 2.24) is 29.8 Å². The summed E-state index contributed by atoms with van der Waals surface area (Å²) in [6.07, 6.45) is 6.46. The van der Waals surface area contributed by atoms with Gasteiger partial charge in [-0.2, -0.15) is 0 Å². The molecule has 194 valence electrons. The molecule has 1 aromatic carbocycles. The third-order valence-electron chi connectivity index (χ3n) is 7.31. The van der Waals surface area contributed by atoms with Gasteiger partial charge in [0.05, 0.1) is 6.04 Å². The Hall–Kier alpha value is -3.72. The molecule has 0 unspecified atom stereocenters. The van der Waals surface area contributed by atoms with Crippen LogP contribution in [0.5, 0.6) is 0 Å². The Kier molecular flexibility index (Phi) is 7.50. The zero-order valence-electron chi connectivity index (χ0n) is 21.2. The van der Waals surface area contributed by atoms with E-state index in [1.807, 2.05) is 69.8 Å². The Balaban J connectivity index is 1.36. The number of nitrogens with zero attached hydrogens (tertiary/aromatic N) is 4. The van der Waals surface area contributed by atoms with Crippen LogP contribution in [0.2, 0.25) is 0 Å². The van der Waals surface area contributed by atoms with Crippen molar-refractivity contribution in [1.29, 1.82) is 0 Å². The Morgan fingerprint density at radius 3 is 2.59 bits per heavy atom. The second-order valence-electron chi connectivity index (χ2n) is 9.91. The molecule has 9 nitrogen and oxygen atoms in total. The first kappa shape index (κ1) is 25.0. The number of fused-ring (bicyclic) bond motifs is 3. The molecule has 2 bridgehead atoms. The van der Waals surface area contributed by atoms with Gasteiger partial charge in [-0.25, -0.2) is 4.98 Å². The lowest BCUT2D eigenvalue weighted by Crippen LogP contribution is -2.44. The highest BCUT2D eigenvalue weighted by Crippen LogP contribution is 2.19. The van der Waals surface area contributed by atoms with Crippen molar-refractivity contribution in [3.63, 3.8) is 0 Å². The summed E-state index contributed by atoms with van der Waals surface area (Å²) >= 11 is 0. The van der Waals surface area contributed by atoms with Crippen LogP contribution in [-0.2, 0) is 4.79 Å². The normalized spacial score (nSPS) is 21.5. The van der Waals surface area contributed by atoms with Crippen LogP contribution in [0.1, 0.15) is 52.1 Å². The van der Waals surface area contributed by atoms with Gasteiger partial charge in [0.25, 0.3) is 11.8 Å². The number of pyridine rings is 1. The molecular weight excluding hydrogens is 468 g/mol. The second kappa shape index (κ2) is 11.1. The quantitative estimate of drug-likeness (QED) is 0.560. The predicted octanol–water partition coefficient (Wildman–Crippen LogP) is 2.26. The lowest BCUT2D eigenvalue weighted by atomic mass is 10.1. The number of carbonyl (C=O) groups is 3. The highest BCUT2D eigenvalue weighted by Gasteiger charge is 2.35. The number of benzene rings is 1. The van der Waals surface area contributed by atoms with Crippen LogP contribution >= 0.6 is 0 Å². The molecule has 2 fully saturated rings. The summed E-state index contributed by atoms with van der Waals surface area (Å²) in [5, 5.41) is 6.31. The van der Waals surface area contributed by atoms with Crippen LogP contribution in [0.3, 0.4) is 0 Å². The molecule has 4 heterocycles. The number of hydrogen-bond acceptors (Lipinski definition) is 5. The van der Waals surface area contributed by atoms with Crippen LogP contribution < -0.4 is 10.6 Å². The van der Waals surface area contributed by atoms with Gasteiger partial charge in [-0.1, -0.05) is 24.3 Å². The summed E-state index contributed by atoms with van der Waals surface area (Å²) in [7, 11) is 0. The fourth-order valence-corrected chi connectivity index (χ4v) is 5.28. The first-order valence-corrected chi connectivity index (χ1v) is 13.1. The van der Waals surface area contributed by atoms with Gasteiger partial charge in [0.1, 0.15) is 11.3 Å². The van der Waals surface area contributed by atoms with E-state index >= 15 is 0 Å². The van der Waals surface area contributed by atoms with Crippen molar-refractivity contribution >= 4 is 23.4 Å². The second-order valence-corrected chi connectivity index (χ2v) is 9.91. The fraction of sp³-hybridized carbons (Fsp3) is 0.429. The van der Waals surface area contributed by atoms with E-state index in [4.69, 9.17) is 0 Å². The molecule has 9 heteroatoms. The highest BCUT2D eigenvalue weighted by atomic mass is 16.2. The van der Waals surface area contributed by atoms with Crippen molar-refractivity contribution in [2.24, 2.45) is 0 Å². The largest absolute Gasteiger partial charge is 0.355 e. The molecule has 2 N–H and O–H groups in total. The average Bonchev–Trinajstić information content (AvgIpc) is 3.58. The zero-order chi connectivity index (χ0) is 25.8. The average molecular weight is 503 g/mol. The molecular formula is C28H34N6O3. The van der Waals surface area contributed by atoms with Crippen LogP contribution in [0.25, 0.3) is 5.65 Å². The monoisotopic (exact) mass is 502 g/mol. The van der Waals surface area contributed by atoms with Crippen LogP contribution in [0.4, 0.5) is 0 Å². The van der Waals surface area contributed by atoms with Gasteiger partial charge in [-0.05, 0) is 56.4 Å². The van der Waals surface area contributed by atoms with Gasteiger partial charge in [-0.15, -0.1) is 0 Å². The minimum absolute atomic E-state index is 0.0281. The van der Waals surface area contributed by atoms with Gasteiger partial charge in [0.2, 0.25) is 5.91 Å². The Bertz CT molecular complexity index is 1270. The third-order valence-corrected chi connectivity index (χ3v) is 7.31. The predicted molar refractivity (Wildman–Crippen MR) is 140 cm³/mol. The molecule has 0 saturated carbocycles. The molecule has 3 amide bonds. The summed E-state index contributed by atoms with van der Waals surface area (Å²) < 4.78 is 1.88. The first-order chi connectivity index (χ1) is 18.0. The number of rotatable bonds is 2. The van der Waals surface area contributed by atoms with Gasteiger partial charge in [0.15, 0.2) is 0 Å². The molecule has 2 atom stereocenters. The van der Waals surface area contributed by atoms with E-state index in [1.54, 1.807) is 6.20 Å². The molecule has 2 aliphatic rings. The minimum atomic E-state index is -0.296. The molecule has 2 saturated heterocycles. The Labute approximate surface area is 216 Å². The summed E-state index contributed by atoms with van der Waals surface area (Å²) in [5.74, 6) is -0.184. The van der Waals surface area contributed by atoms with Gasteiger partial charge in [-0.3, -0.25) is 14.4 Å². The lowest BCUT2D eigenvalue weighted by Gasteiger charge is -2.30. The van der Waals surface area contributed by atoms with E-state index in [2.05, 4.69) is 15.6 Å².